The lowest BCUT2D eigenvalue weighted by atomic mass is 10.0. The van der Waals surface area contributed by atoms with Crippen LogP contribution in [0.1, 0.15) is 120 Å². The summed E-state index contributed by atoms with van der Waals surface area (Å²) in [4.78, 5) is 12.0. The fraction of sp³-hybridized carbons (Fsp3) is 0.720. The van der Waals surface area contributed by atoms with Crippen molar-refractivity contribution in [3.8, 4) is 0 Å². The first kappa shape index (κ1) is 26.3. The molecule has 29 heavy (non-hydrogen) atoms. The predicted octanol–water partition coefficient (Wildman–Crippen LogP) is 9.41. The second-order valence-electron chi connectivity index (χ2n) is 8.06. The van der Waals surface area contributed by atoms with Crippen molar-refractivity contribution in [2.75, 3.05) is 6.61 Å². The molecule has 4 heteroatoms. The van der Waals surface area contributed by atoms with Crippen LogP contribution in [0.3, 0.4) is 0 Å². The van der Waals surface area contributed by atoms with E-state index in [2.05, 4.69) is 6.92 Å². The third kappa shape index (κ3) is 14.0. The van der Waals surface area contributed by atoms with E-state index in [1.165, 1.54) is 89.9 Å². The fourth-order valence-corrected chi connectivity index (χ4v) is 4.03. The molecule has 166 valence electrons. The maximum atomic E-state index is 12.0. The molecule has 0 radical (unpaired) electrons. The largest absolute Gasteiger partial charge is 0.462 e. The average molecular weight is 443 g/mol. The monoisotopic (exact) mass is 442 g/mol. The van der Waals surface area contributed by atoms with E-state index in [-0.39, 0.29) is 5.97 Å². The summed E-state index contributed by atoms with van der Waals surface area (Å²) in [5.74, 6) is -0.368. The van der Waals surface area contributed by atoms with Gasteiger partial charge in [0, 0.05) is 5.02 Å². The lowest BCUT2D eigenvalue weighted by Gasteiger charge is -2.07. The zero-order valence-corrected chi connectivity index (χ0v) is 19.8. The van der Waals surface area contributed by atoms with Crippen LogP contribution in [0.15, 0.2) is 18.2 Å². The Kier molecular flexibility index (Phi) is 16.4. The highest BCUT2D eigenvalue weighted by Gasteiger charge is 2.11. The first-order valence-electron chi connectivity index (χ1n) is 11.8. The maximum absolute atomic E-state index is 12.0. The number of rotatable bonds is 18. The van der Waals surface area contributed by atoms with Gasteiger partial charge >= 0.3 is 5.97 Å². The minimum atomic E-state index is -0.368. The van der Waals surface area contributed by atoms with Crippen LogP contribution in [-0.4, -0.2) is 12.6 Å². The van der Waals surface area contributed by atoms with E-state index < -0.39 is 0 Å². The van der Waals surface area contributed by atoms with Gasteiger partial charge in [0.2, 0.25) is 0 Å². The van der Waals surface area contributed by atoms with E-state index in [0.29, 0.717) is 22.2 Å². The van der Waals surface area contributed by atoms with Crippen LogP contribution in [-0.2, 0) is 4.74 Å². The van der Waals surface area contributed by atoms with Crippen molar-refractivity contribution in [2.45, 2.75) is 110 Å². The third-order valence-corrected chi connectivity index (χ3v) is 5.93. The Bertz CT molecular complexity index is 546. The highest BCUT2D eigenvalue weighted by Crippen LogP contribution is 2.21. The maximum Gasteiger partial charge on any atom is 0.339 e. The van der Waals surface area contributed by atoms with Crippen LogP contribution >= 0.6 is 23.2 Å². The number of esters is 1. The van der Waals surface area contributed by atoms with Gasteiger partial charge < -0.3 is 4.74 Å². The fourth-order valence-electron chi connectivity index (χ4n) is 3.55. The van der Waals surface area contributed by atoms with Crippen molar-refractivity contribution < 1.29 is 9.53 Å². The van der Waals surface area contributed by atoms with E-state index in [4.69, 9.17) is 27.9 Å². The van der Waals surface area contributed by atoms with Gasteiger partial charge in [0.1, 0.15) is 0 Å². The molecule has 0 atom stereocenters. The summed E-state index contributed by atoms with van der Waals surface area (Å²) in [5, 5.41) is 0.860. The first-order valence-corrected chi connectivity index (χ1v) is 12.5. The Hall–Kier alpha value is -0.730. The summed E-state index contributed by atoms with van der Waals surface area (Å²) >= 11 is 11.9. The Labute approximate surface area is 188 Å². The Morgan fingerprint density at radius 3 is 1.62 bits per heavy atom. The SMILES string of the molecule is CCCCCCCCCCCCCCCCCCOC(=O)c1ccc(Cl)cc1Cl. The molecule has 0 fully saturated rings. The van der Waals surface area contributed by atoms with Gasteiger partial charge in [-0.2, -0.15) is 0 Å². The minimum Gasteiger partial charge on any atom is -0.462 e. The van der Waals surface area contributed by atoms with Crippen molar-refractivity contribution in [1.82, 2.24) is 0 Å². The molecular weight excluding hydrogens is 403 g/mol. The van der Waals surface area contributed by atoms with Crippen molar-refractivity contribution in [1.29, 1.82) is 0 Å². The third-order valence-electron chi connectivity index (χ3n) is 5.38. The van der Waals surface area contributed by atoms with Crippen LogP contribution in [0.25, 0.3) is 0 Å². The lowest BCUT2D eigenvalue weighted by molar-refractivity contribution is 0.0498. The summed E-state index contributed by atoms with van der Waals surface area (Å²) in [6.07, 6.45) is 21.3. The molecule has 0 N–H and O–H groups in total. The van der Waals surface area contributed by atoms with Crippen molar-refractivity contribution in [2.24, 2.45) is 0 Å². The zero-order valence-electron chi connectivity index (χ0n) is 18.3. The Morgan fingerprint density at radius 1 is 0.724 bits per heavy atom. The molecule has 0 aliphatic carbocycles. The van der Waals surface area contributed by atoms with Crippen LogP contribution in [0.2, 0.25) is 10.0 Å². The van der Waals surface area contributed by atoms with Crippen LogP contribution in [0.5, 0.6) is 0 Å². The standard InChI is InChI=1S/C25H40Cl2O2/c1-2-3-4-5-6-7-8-9-10-11-12-13-14-15-16-17-20-29-25(28)23-19-18-22(26)21-24(23)27/h18-19,21H,2-17,20H2,1H3. The van der Waals surface area contributed by atoms with Gasteiger partial charge in [-0.15, -0.1) is 0 Å². The summed E-state index contributed by atoms with van der Waals surface area (Å²) in [5.41, 5.74) is 0.382. The lowest BCUT2D eigenvalue weighted by Crippen LogP contribution is -2.07. The summed E-state index contributed by atoms with van der Waals surface area (Å²) < 4.78 is 5.30. The van der Waals surface area contributed by atoms with E-state index in [1.807, 2.05) is 0 Å². The van der Waals surface area contributed by atoms with E-state index >= 15 is 0 Å². The number of carbonyl (C=O) groups excluding carboxylic acids is 1. The number of unbranched alkanes of at least 4 members (excludes halogenated alkanes) is 15. The number of ether oxygens (including phenoxy) is 1. The molecule has 0 saturated heterocycles. The quantitative estimate of drug-likeness (QED) is 0.167. The molecule has 0 heterocycles. The van der Waals surface area contributed by atoms with Gasteiger partial charge in [-0.05, 0) is 24.6 Å². The van der Waals surface area contributed by atoms with Crippen molar-refractivity contribution in [3.05, 3.63) is 33.8 Å². The molecule has 0 aliphatic heterocycles. The molecule has 0 unspecified atom stereocenters. The van der Waals surface area contributed by atoms with E-state index in [1.54, 1.807) is 18.2 Å². The molecule has 0 aromatic heterocycles. The zero-order chi connectivity index (χ0) is 21.2. The highest BCUT2D eigenvalue weighted by molar-refractivity contribution is 6.36. The van der Waals surface area contributed by atoms with Gasteiger partial charge in [-0.3, -0.25) is 0 Å². The Morgan fingerprint density at radius 2 is 1.17 bits per heavy atom. The van der Waals surface area contributed by atoms with Gasteiger partial charge in [0.15, 0.2) is 0 Å². The number of benzene rings is 1. The molecule has 0 saturated carbocycles. The van der Waals surface area contributed by atoms with E-state index in [9.17, 15) is 4.79 Å². The number of carbonyl (C=O) groups is 1. The number of hydrogen-bond acceptors (Lipinski definition) is 2. The van der Waals surface area contributed by atoms with Crippen molar-refractivity contribution >= 4 is 29.2 Å². The van der Waals surface area contributed by atoms with E-state index in [0.717, 1.165) is 12.8 Å². The van der Waals surface area contributed by atoms with Crippen molar-refractivity contribution in [3.63, 3.8) is 0 Å². The van der Waals surface area contributed by atoms with Gasteiger partial charge in [-0.25, -0.2) is 4.79 Å². The first-order chi connectivity index (χ1) is 14.1. The molecule has 0 bridgehead atoms. The predicted molar refractivity (Wildman–Crippen MR) is 126 cm³/mol. The van der Waals surface area contributed by atoms with Crippen LogP contribution in [0, 0.1) is 0 Å². The topological polar surface area (TPSA) is 26.3 Å². The second kappa shape index (κ2) is 18.1. The van der Waals surface area contributed by atoms with Crippen LogP contribution in [0.4, 0.5) is 0 Å². The average Bonchev–Trinajstić information content (AvgIpc) is 2.70. The number of halogens is 2. The summed E-state index contributed by atoms with van der Waals surface area (Å²) in [6.45, 7) is 2.73. The molecular formula is C25H40Cl2O2. The molecule has 0 aliphatic rings. The molecule has 1 aromatic carbocycles. The van der Waals surface area contributed by atoms with Crippen LogP contribution < -0.4 is 0 Å². The second-order valence-corrected chi connectivity index (χ2v) is 8.91. The van der Waals surface area contributed by atoms with Gasteiger partial charge in [0.05, 0.1) is 17.2 Å². The molecule has 0 amide bonds. The normalized spacial score (nSPS) is 11.0. The number of hydrogen-bond donors (Lipinski definition) is 0. The highest BCUT2D eigenvalue weighted by atomic mass is 35.5. The summed E-state index contributed by atoms with van der Waals surface area (Å²) in [6, 6.07) is 4.83. The molecule has 0 spiro atoms. The summed E-state index contributed by atoms with van der Waals surface area (Å²) in [7, 11) is 0. The van der Waals surface area contributed by atoms with Gasteiger partial charge in [0.25, 0.3) is 0 Å². The van der Waals surface area contributed by atoms with Gasteiger partial charge in [-0.1, -0.05) is 126 Å². The smallest absolute Gasteiger partial charge is 0.339 e. The molecule has 1 aromatic rings. The Balaban J connectivity index is 1.84. The minimum absolute atomic E-state index is 0.342. The molecule has 1 rings (SSSR count). The molecule has 2 nitrogen and oxygen atoms in total.